The number of rotatable bonds is 8. The predicted octanol–water partition coefficient (Wildman–Crippen LogP) is 0.569. The highest BCUT2D eigenvalue weighted by Crippen LogP contribution is 2.22. The normalized spacial score (nSPS) is 15.4. The average Bonchev–Trinajstić information content (AvgIpc) is 3.54. The Morgan fingerprint density at radius 3 is 2.79 bits per heavy atom. The summed E-state index contributed by atoms with van der Waals surface area (Å²) >= 11 is 1.09. The largest absolute Gasteiger partial charge is 0.497 e. The summed E-state index contributed by atoms with van der Waals surface area (Å²) in [5.41, 5.74) is -0.0937. The molecule has 0 aliphatic carbocycles. The summed E-state index contributed by atoms with van der Waals surface area (Å²) < 4.78 is 7.65. The van der Waals surface area contributed by atoms with Gasteiger partial charge in [0, 0.05) is 26.7 Å². The molecule has 0 bridgehead atoms. The van der Waals surface area contributed by atoms with Crippen molar-refractivity contribution in [3.05, 3.63) is 61.6 Å². The number of aryl methyl sites for hydroxylation is 1. The van der Waals surface area contributed by atoms with E-state index in [1.165, 1.54) is 10.6 Å². The van der Waals surface area contributed by atoms with Crippen molar-refractivity contribution in [2.45, 2.75) is 32.0 Å². The first-order valence-corrected chi connectivity index (χ1v) is 11.9. The van der Waals surface area contributed by atoms with Gasteiger partial charge in [0.2, 0.25) is 5.91 Å². The van der Waals surface area contributed by atoms with Gasteiger partial charge in [-0.1, -0.05) is 12.1 Å². The molecule has 10 nitrogen and oxygen atoms in total. The fourth-order valence-corrected chi connectivity index (χ4v) is 4.99. The smallest absolute Gasteiger partial charge is 0.331 e. The van der Waals surface area contributed by atoms with Crippen molar-refractivity contribution in [3.8, 4) is 5.75 Å². The number of methoxy groups -OCH3 is 1. The van der Waals surface area contributed by atoms with Crippen LogP contribution in [0.15, 0.2) is 39.9 Å². The summed E-state index contributed by atoms with van der Waals surface area (Å²) in [4.78, 5) is 51.4. The van der Waals surface area contributed by atoms with Crippen LogP contribution in [0.4, 0.5) is 0 Å². The Balaban J connectivity index is 1.49. The molecular formula is C23H27N5O5S. The molecule has 0 radical (unpaired) electrons. The lowest BCUT2D eigenvalue weighted by Gasteiger charge is -2.12. The monoisotopic (exact) mass is 485 g/mol. The highest BCUT2D eigenvalue weighted by atomic mass is 32.1. The summed E-state index contributed by atoms with van der Waals surface area (Å²) in [5, 5.41) is 9.02. The van der Waals surface area contributed by atoms with Crippen molar-refractivity contribution in [1.29, 1.82) is 0 Å². The molecule has 1 aromatic carbocycles. The average molecular weight is 486 g/mol. The van der Waals surface area contributed by atoms with E-state index in [0.717, 1.165) is 40.9 Å². The van der Waals surface area contributed by atoms with Gasteiger partial charge in [0.25, 0.3) is 11.5 Å². The van der Waals surface area contributed by atoms with E-state index in [2.05, 4.69) is 16.0 Å². The lowest BCUT2D eigenvalue weighted by atomic mass is 10.2. The number of fused-ring (bicyclic) bond motifs is 1. The Morgan fingerprint density at radius 2 is 2.06 bits per heavy atom. The van der Waals surface area contributed by atoms with Crippen LogP contribution < -0.4 is 31.9 Å². The third kappa shape index (κ3) is 4.90. The van der Waals surface area contributed by atoms with Gasteiger partial charge in [-0.3, -0.25) is 23.5 Å². The van der Waals surface area contributed by atoms with Gasteiger partial charge in [0.1, 0.15) is 10.6 Å². The van der Waals surface area contributed by atoms with Gasteiger partial charge in [-0.2, -0.15) is 0 Å². The zero-order valence-corrected chi connectivity index (χ0v) is 19.9. The van der Waals surface area contributed by atoms with Gasteiger partial charge in [0.15, 0.2) is 0 Å². The number of carbonyl (C=O) groups is 2. The van der Waals surface area contributed by atoms with Crippen LogP contribution in [0.25, 0.3) is 10.2 Å². The zero-order valence-electron chi connectivity index (χ0n) is 19.1. The van der Waals surface area contributed by atoms with E-state index in [0.29, 0.717) is 27.4 Å². The number of hydrogen-bond donors (Lipinski definition) is 3. The van der Waals surface area contributed by atoms with Crippen LogP contribution in [0.3, 0.4) is 0 Å². The molecule has 34 heavy (non-hydrogen) atoms. The zero-order chi connectivity index (χ0) is 24.2. The number of thiophene rings is 1. The molecule has 1 aliphatic heterocycles. The second kappa shape index (κ2) is 10.2. The Bertz CT molecular complexity index is 1340. The van der Waals surface area contributed by atoms with E-state index in [-0.39, 0.29) is 30.9 Å². The van der Waals surface area contributed by atoms with Gasteiger partial charge >= 0.3 is 5.69 Å². The van der Waals surface area contributed by atoms with Crippen LogP contribution in [-0.4, -0.2) is 47.2 Å². The molecule has 1 atom stereocenters. The standard InChI is InChI=1S/C23H27N5O5S/c1-27-22-16(12-18(34-22)20(30)26-13-14-5-3-6-15(11-14)33-2)21(31)28(23(27)32)10-9-25-19(29)17-7-4-8-24-17/h3,5-6,11-12,17,24H,4,7-10,13H2,1-2H3,(H,25,29)(H,26,30). The predicted molar refractivity (Wildman–Crippen MR) is 130 cm³/mol. The molecule has 180 valence electrons. The highest BCUT2D eigenvalue weighted by molar-refractivity contribution is 7.20. The number of nitrogens with zero attached hydrogens (tertiary/aromatic N) is 2. The van der Waals surface area contributed by atoms with Crippen molar-refractivity contribution < 1.29 is 14.3 Å². The molecular weight excluding hydrogens is 458 g/mol. The highest BCUT2D eigenvalue weighted by Gasteiger charge is 2.22. The number of amides is 2. The number of ether oxygens (including phenoxy) is 1. The van der Waals surface area contributed by atoms with Crippen molar-refractivity contribution in [2.24, 2.45) is 7.05 Å². The van der Waals surface area contributed by atoms with Crippen molar-refractivity contribution >= 4 is 33.4 Å². The lowest BCUT2D eigenvalue weighted by molar-refractivity contribution is -0.122. The number of carbonyl (C=O) groups excluding carboxylic acids is 2. The number of aromatic nitrogens is 2. The van der Waals surface area contributed by atoms with Gasteiger partial charge in [-0.05, 0) is 43.1 Å². The molecule has 3 aromatic rings. The van der Waals surface area contributed by atoms with E-state index < -0.39 is 11.2 Å². The van der Waals surface area contributed by atoms with E-state index >= 15 is 0 Å². The second-order valence-electron chi connectivity index (χ2n) is 8.10. The molecule has 1 aliphatic rings. The summed E-state index contributed by atoms with van der Waals surface area (Å²) in [7, 11) is 3.14. The van der Waals surface area contributed by atoms with E-state index in [9.17, 15) is 19.2 Å². The minimum atomic E-state index is -0.490. The van der Waals surface area contributed by atoms with Crippen LogP contribution in [0.2, 0.25) is 0 Å². The molecule has 4 rings (SSSR count). The van der Waals surface area contributed by atoms with Crippen molar-refractivity contribution in [2.75, 3.05) is 20.2 Å². The molecule has 0 saturated carbocycles. The van der Waals surface area contributed by atoms with E-state index in [4.69, 9.17) is 4.74 Å². The maximum Gasteiger partial charge on any atom is 0.331 e. The van der Waals surface area contributed by atoms with Crippen molar-refractivity contribution in [3.63, 3.8) is 0 Å². The number of benzene rings is 1. The number of nitrogens with one attached hydrogen (secondary N) is 3. The van der Waals surface area contributed by atoms with Gasteiger partial charge in [-0.25, -0.2) is 4.79 Å². The van der Waals surface area contributed by atoms with Crippen LogP contribution in [-0.2, 0) is 24.9 Å². The first kappa shape index (κ1) is 23.7. The molecule has 11 heteroatoms. The molecule has 3 heterocycles. The summed E-state index contributed by atoms with van der Waals surface area (Å²) in [6.45, 7) is 1.31. The fourth-order valence-electron chi connectivity index (χ4n) is 3.97. The topological polar surface area (TPSA) is 123 Å². The third-order valence-corrected chi connectivity index (χ3v) is 7.04. The fraction of sp³-hybridized carbons (Fsp3) is 0.391. The lowest BCUT2D eigenvalue weighted by Crippen LogP contribution is -2.44. The summed E-state index contributed by atoms with van der Waals surface area (Å²) in [6, 6.07) is 8.65. The number of hydrogen-bond acceptors (Lipinski definition) is 7. The Kier molecular flexibility index (Phi) is 7.13. The van der Waals surface area contributed by atoms with E-state index in [1.807, 2.05) is 24.3 Å². The third-order valence-electron chi connectivity index (χ3n) is 5.83. The molecule has 2 amide bonds. The molecule has 0 spiro atoms. The first-order chi connectivity index (χ1) is 16.4. The van der Waals surface area contributed by atoms with Crippen LogP contribution in [0.1, 0.15) is 28.1 Å². The Hall–Kier alpha value is -3.44. The van der Waals surface area contributed by atoms with Crippen molar-refractivity contribution in [1.82, 2.24) is 25.1 Å². The molecule has 2 aromatic heterocycles. The summed E-state index contributed by atoms with van der Waals surface area (Å²) in [5.74, 6) is 0.229. The summed E-state index contributed by atoms with van der Waals surface area (Å²) in [6.07, 6.45) is 1.72. The van der Waals surface area contributed by atoms with Gasteiger partial charge in [-0.15, -0.1) is 11.3 Å². The van der Waals surface area contributed by atoms with E-state index in [1.54, 1.807) is 14.2 Å². The molecule has 3 N–H and O–H groups in total. The maximum absolute atomic E-state index is 13.0. The quantitative estimate of drug-likeness (QED) is 0.429. The molecule has 1 saturated heterocycles. The molecule has 1 fully saturated rings. The van der Waals surface area contributed by atoms with Crippen LogP contribution in [0, 0.1) is 0 Å². The SMILES string of the molecule is COc1cccc(CNC(=O)c2cc3c(=O)n(CCNC(=O)C4CCCN4)c(=O)n(C)c3s2)c1. The first-order valence-electron chi connectivity index (χ1n) is 11.0. The van der Waals surface area contributed by atoms with Gasteiger partial charge in [0.05, 0.1) is 23.4 Å². The minimum absolute atomic E-state index is 0.0487. The maximum atomic E-state index is 13.0. The van der Waals surface area contributed by atoms with Crippen LogP contribution in [0.5, 0.6) is 5.75 Å². The second-order valence-corrected chi connectivity index (χ2v) is 9.13. The van der Waals surface area contributed by atoms with Crippen LogP contribution >= 0.6 is 11.3 Å². The molecule has 1 unspecified atom stereocenters. The Morgan fingerprint density at radius 1 is 1.24 bits per heavy atom. The van der Waals surface area contributed by atoms with Gasteiger partial charge < -0.3 is 20.7 Å². The minimum Gasteiger partial charge on any atom is -0.497 e. The Labute approximate surface area is 199 Å².